The van der Waals surface area contributed by atoms with Gasteiger partial charge in [-0.05, 0) is 43.2 Å². The van der Waals surface area contributed by atoms with Gasteiger partial charge < -0.3 is 29.9 Å². The van der Waals surface area contributed by atoms with Gasteiger partial charge in [0, 0.05) is 57.8 Å². The molecule has 2 aromatic rings. The molecule has 10 nitrogen and oxygen atoms in total. The van der Waals surface area contributed by atoms with Gasteiger partial charge in [0.1, 0.15) is 17.7 Å². The number of rotatable bonds is 10. The number of nitrogens with zero attached hydrogens (tertiary/aromatic N) is 5. The number of carbonyl (C=O) groups excluding carboxylic acids is 1. The van der Waals surface area contributed by atoms with Gasteiger partial charge in [0.2, 0.25) is 11.9 Å². The van der Waals surface area contributed by atoms with Gasteiger partial charge in [-0.25, -0.2) is 14.4 Å². The number of aliphatic hydroxyl groups is 3. The average molecular weight is 592 g/mol. The molecule has 3 saturated heterocycles. The SMILES string of the molecule is O=C(Cc1ccc(OCCCC2CCN(c3ncc(Cl)cn3)CC2)cc1F)N1CC(CN2C[C@@H](O)C(O)[C@@H](O)C2)C1. The summed E-state index contributed by atoms with van der Waals surface area (Å²) >= 11 is 5.87. The second-order valence-corrected chi connectivity index (χ2v) is 12.0. The van der Waals surface area contributed by atoms with E-state index in [2.05, 4.69) is 14.9 Å². The first-order valence-electron chi connectivity index (χ1n) is 14.4. The van der Waals surface area contributed by atoms with Crippen molar-refractivity contribution < 1.29 is 29.2 Å². The summed E-state index contributed by atoms with van der Waals surface area (Å²) in [4.78, 5) is 27.1. The molecular formula is C29H39ClFN5O5. The molecular weight excluding hydrogens is 553 g/mol. The molecule has 1 aromatic heterocycles. The summed E-state index contributed by atoms with van der Waals surface area (Å²) in [6.07, 6.45) is 4.21. The van der Waals surface area contributed by atoms with E-state index in [9.17, 15) is 24.5 Å². The predicted octanol–water partition coefficient (Wildman–Crippen LogP) is 1.74. The van der Waals surface area contributed by atoms with Crippen molar-refractivity contribution in [2.45, 2.75) is 50.4 Å². The lowest BCUT2D eigenvalue weighted by Crippen LogP contribution is -2.59. The highest BCUT2D eigenvalue weighted by atomic mass is 35.5. The molecule has 0 bridgehead atoms. The van der Waals surface area contributed by atoms with Crippen molar-refractivity contribution in [2.75, 3.05) is 57.3 Å². The Bertz CT molecular complexity index is 1150. The van der Waals surface area contributed by atoms with Crippen LogP contribution in [0.3, 0.4) is 0 Å². The van der Waals surface area contributed by atoms with E-state index in [0.29, 0.717) is 61.6 Å². The lowest BCUT2D eigenvalue weighted by molar-refractivity contribution is -0.139. The summed E-state index contributed by atoms with van der Waals surface area (Å²) in [6, 6.07) is 4.69. The molecule has 224 valence electrons. The first-order chi connectivity index (χ1) is 19.7. The number of amides is 1. The zero-order chi connectivity index (χ0) is 28.9. The number of aliphatic hydroxyl groups excluding tert-OH is 3. The third-order valence-electron chi connectivity index (χ3n) is 8.40. The normalized spacial score (nSPS) is 24.4. The van der Waals surface area contributed by atoms with Crippen LogP contribution in [-0.4, -0.2) is 112 Å². The Morgan fingerprint density at radius 3 is 2.37 bits per heavy atom. The van der Waals surface area contributed by atoms with Gasteiger partial charge in [-0.2, -0.15) is 0 Å². The van der Waals surface area contributed by atoms with E-state index in [4.69, 9.17) is 16.3 Å². The number of halogens is 2. The van der Waals surface area contributed by atoms with Crippen LogP contribution in [-0.2, 0) is 11.2 Å². The van der Waals surface area contributed by atoms with Gasteiger partial charge in [0.25, 0.3) is 0 Å². The van der Waals surface area contributed by atoms with Crippen LogP contribution in [0.5, 0.6) is 5.75 Å². The fourth-order valence-corrected chi connectivity index (χ4v) is 6.07. The lowest BCUT2D eigenvalue weighted by Gasteiger charge is -2.44. The van der Waals surface area contributed by atoms with Crippen molar-refractivity contribution in [1.29, 1.82) is 0 Å². The summed E-state index contributed by atoms with van der Waals surface area (Å²) in [6.45, 7) is 4.66. The van der Waals surface area contributed by atoms with Crippen LogP contribution in [0.4, 0.5) is 10.3 Å². The molecule has 41 heavy (non-hydrogen) atoms. The Hall–Kier alpha value is -2.57. The third-order valence-corrected chi connectivity index (χ3v) is 8.60. The number of ether oxygens (including phenoxy) is 1. The fourth-order valence-electron chi connectivity index (χ4n) is 5.97. The van der Waals surface area contributed by atoms with Gasteiger partial charge in [-0.1, -0.05) is 17.7 Å². The minimum atomic E-state index is -1.12. The first kappa shape index (κ1) is 29.9. The van der Waals surface area contributed by atoms with E-state index in [1.165, 1.54) is 6.07 Å². The molecule has 4 heterocycles. The van der Waals surface area contributed by atoms with Crippen LogP contribution in [0.1, 0.15) is 31.2 Å². The van der Waals surface area contributed by atoms with E-state index >= 15 is 0 Å². The van der Waals surface area contributed by atoms with Gasteiger partial charge in [0.15, 0.2) is 0 Å². The molecule has 0 radical (unpaired) electrons. The van der Waals surface area contributed by atoms with Crippen molar-refractivity contribution in [1.82, 2.24) is 19.8 Å². The highest BCUT2D eigenvalue weighted by Crippen LogP contribution is 2.26. The number of aromatic nitrogens is 2. The minimum Gasteiger partial charge on any atom is -0.493 e. The van der Waals surface area contributed by atoms with Gasteiger partial charge >= 0.3 is 0 Å². The summed E-state index contributed by atoms with van der Waals surface area (Å²) in [7, 11) is 0. The highest BCUT2D eigenvalue weighted by Gasteiger charge is 2.37. The van der Waals surface area contributed by atoms with Gasteiger partial charge in [-0.3, -0.25) is 9.69 Å². The number of hydrogen-bond acceptors (Lipinski definition) is 9. The zero-order valence-corrected chi connectivity index (χ0v) is 23.9. The third kappa shape index (κ3) is 7.84. The fraction of sp³-hybridized carbons (Fsp3) is 0.621. The molecule has 0 aliphatic carbocycles. The Kier molecular flexibility index (Phi) is 9.92. The molecule has 1 aromatic carbocycles. The Balaban J connectivity index is 0.972. The van der Waals surface area contributed by atoms with Crippen LogP contribution >= 0.6 is 11.6 Å². The van der Waals surface area contributed by atoms with Crippen LogP contribution in [0.2, 0.25) is 5.02 Å². The largest absolute Gasteiger partial charge is 0.493 e. The Morgan fingerprint density at radius 1 is 1.02 bits per heavy atom. The molecule has 5 rings (SSSR count). The van der Waals surface area contributed by atoms with Crippen molar-refractivity contribution in [2.24, 2.45) is 11.8 Å². The maximum Gasteiger partial charge on any atom is 0.227 e. The number of piperidine rings is 2. The lowest BCUT2D eigenvalue weighted by atomic mass is 9.92. The summed E-state index contributed by atoms with van der Waals surface area (Å²) in [5.41, 5.74) is 0.346. The monoisotopic (exact) mass is 591 g/mol. The molecule has 3 atom stereocenters. The van der Waals surface area contributed by atoms with Crippen LogP contribution in [0.15, 0.2) is 30.6 Å². The van der Waals surface area contributed by atoms with E-state index in [1.807, 2.05) is 4.90 Å². The van der Waals surface area contributed by atoms with Gasteiger partial charge in [-0.15, -0.1) is 0 Å². The molecule has 3 fully saturated rings. The number of hydrogen-bond donors (Lipinski definition) is 3. The van der Waals surface area contributed by atoms with E-state index in [0.717, 1.165) is 44.7 Å². The molecule has 1 amide bonds. The molecule has 0 spiro atoms. The Labute approximate surface area is 244 Å². The number of anilines is 1. The highest BCUT2D eigenvalue weighted by molar-refractivity contribution is 6.30. The zero-order valence-electron chi connectivity index (χ0n) is 23.1. The summed E-state index contributed by atoms with van der Waals surface area (Å²) in [5, 5.41) is 29.9. The van der Waals surface area contributed by atoms with Crippen molar-refractivity contribution in [3.05, 3.63) is 47.0 Å². The quantitative estimate of drug-likeness (QED) is 0.355. The van der Waals surface area contributed by atoms with Crippen LogP contribution in [0, 0.1) is 17.7 Å². The minimum absolute atomic E-state index is 0.00801. The van der Waals surface area contributed by atoms with Crippen molar-refractivity contribution in [3.8, 4) is 5.75 Å². The van der Waals surface area contributed by atoms with E-state index in [1.54, 1.807) is 29.4 Å². The summed E-state index contributed by atoms with van der Waals surface area (Å²) in [5.74, 6) is 1.44. The van der Waals surface area contributed by atoms with Crippen LogP contribution < -0.4 is 9.64 Å². The molecule has 12 heteroatoms. The molecule has 1 unspecified atom stereocenters. The first-order valence-corrected chi connectivity index (χ1v) is 14.8. The smallest absolute Gasteiger partial charge is 0.227 e. The second kappa shape index (κ2) is 13.6. The molecule has 3 N–H and O–H groups in total. The van der Waals surface area contributed by atoms with E-state index in [-0.39, 0.29) is 18.2 Å². The number of β-amino-alcohol motifs (C(OH)–C–C–N with tert-alkyl or cyclic N) is 2. The van der Waals surface area contributed by atoms with E-state index < -0.39 is 24.1 Å². The number of carbonyl (C=O) groups is 1. The van der Waals surface area contributed by atoms with Gasteiger partial charge in [0.05, 0.1) is 42.7 Å². The molecule has 3 aliphatic heterocycles. The standard InChI is InChI=1S/C29H39ClFN5O5/c30-22-12-32-29(33-13-22)35-7-5-19(6-8-35)2-1-9-41-23-4-3-21(24(31)11-23)10-27(39)36-15-20(16-36)14-34-17-25(37)28(40)26(38)18-34/h3-4,11-13,19-20,25-26,28,37-38,40H,1-2,5-10,14-18H2/t25-,26+,28?. The average Bonchev–Trinajstić information content (AvgIpc) is 2.93. The van der Waals surface area contributed by atoms with Crippen LogP contribution in [0.25, 0.3) is 0 Å². The Morgan fingerprint density at radius 2 is 1.71 bits per heavy atom. The maximum atomic E-state index is 14.7. The summed E-state index contributed by atoms with van der Waals surface area (Å²) < 4.78 is 20.5. The topological polar surface area (TPSA) is 122 Å². The molecule has 0 saturated carbocycles. The number of benzene rings is 1. The number of likely N-dealkylation sites (tertiary alicyclic amines) is 2. The predicted molar refractivity (Wildman–Crippen MR) is 151 cm³/mol. The maximum absolute atomic E-state index is 14.7. The second-order valence-electron chi connectivity index (χ2n) is 11.6. The van der Waals surface area contributed by atoms with Crippen molar-refractivity contribution >= 4 is 23.5 Å². The molecule has 3 aliphatic rings. The van der Waals surface area contributed by atoms with Crippen molar-refractivity contribution in [3.63, 3.8) is 0 Å².